The van der Waals surface area contributed by atoms with Gasteiger partial charge in [0.1, 0.15) is 17.7 Å². The van der Waals surface area contributed by atoms with Crippen LogP contribution in [-0.4, -0.2) is 72.8 Å². The number of nitrogens with zero attached hydrogens (tertiary/aromatic N) is 2. The van der Waals surface area contributed by atoms with Crippen molar-refractivity contribution in [3.8, 4) is 0 Å². The lowest BCUT2D eigenvalue weighted by Gasteiger charge is -2.38. The van der Waals surface area contributed by atoms with E-state index in [0.717, 1.165) is 31.0 Å². The van der Waals surface area contributed by atoms with Gasteiger partial charge in [0.05, 0.1) is 29.2 Å². The topological polar surface area (TPSA) is 122 Å². The van der Waals surface area contributed by atoms with Gasteiger partial charge in [0.15, 0.2) is 0 Å². The summed E-state index contributed by atoms with van der Waals surface area (Å²) in [5, 5.41) is 3.14. The molecule has 2 amide bonds. The van der Waals surface area contributed by atoms with Crippen molar-refractivity contribution in [2.24, 2.45) is 5.73 Å². The van der Waals surface area contributed by atoms with Gasteiger partial charge in [-0.25, -0.2) is 17.2 Å². The van der Waals surface area contributed by atoms with Crippen LogP contribution in [0.1, 0.15) is 70.9 Å². The summed E-state index contributed by atoms with van der Waals surface area (Å²) in [6.07, 6.45) is 3.55. The van der Waals surface area contributed by atoms with Crippen molar-refractivity contribution < 1.29 is 31.5 Å². The van der Waals surface area contributed by atoms with Gasteiger partial charge in [-0.2, -0.15) is 4.31 Å². The molecule has 0 bridgehead atoms. The van der Waals surface area contributed by atoms with Gasteiger partial charge in [-0.05, 0) is 81.0 Å². The van der Waals surface area contributed by atoms with Crippen LogP contribution in [0.25, 0.3) is 4.91 Å². The van der Waals surface area contributed by atoms with Crippen LogP contribution >= 0.6 is 24.0 Å². The summed E-state index contributed by atoms with van der Waals surface area (Å²) >= 11 is 6.16. The Bertz CT molecular complexity index is 1560. The van der Waals surface area contributed by atoms with E-state index in [4.69, 9.17) is 22.1 Å². The molecule has 1 fully saturated rings. The molecule has 1 aliphatic carbocycles. The number of benzene rings is 2. The summed E-state index contributed by atoms with van der Waals surface area (Å²) in [5.41, 5.74) is 5.26. The number of hydrogen-bond acceptors (Lipinski definition) is 6. The van der Waals surface area contributed by atoms with Crippen LogP contribution < -0.4 is 11.1 Å². The maximum atomic E-state index is 14.3. The third kappa shape index (κ3) is 8.52. The number of nitrogens with two attached hydrogens (primary N) is 1. The lowest BCUT2D eigenvalue weighted by molar-refractivity contribution is -0.139. The highest BCUT2D eigenvalue weighted by atomic mass is 35.5. The molecule has 2 aromatic rings. The van der Waals surface area contributed by atoms with Crippen LogP contribution in [0.2, 0.25) is 5.02 Å². The largest absolute Gasteiger partial charge is 0.374 e. The normalized spacial score (nSPS) is 17.9. The molecule has 47 heavy (non-hydrogen) atoms. The van der Waals surface area contributed by atoms with Crippen molar-refractivity contribution in [1.29, 1.82) is 0 Å². The number of likely N-dealkylation sites (N-methyl/N-ethyl adjacent to an activating group) is 1. The van der Waals surface area contributed by atoms with Crippen LogP contribution in [0.4, 0.5) is 8.78 Å². The van der Waals surface area contributed by atoms with Gasteiger partial charge in [0, 0.05) is 30.7 Å². The molecule has 1 aliphatic heterocycles. The standard InChI is InChI=1S/C33H43ClF2N4O5S.ClH/c1-5-15-40-33(13-7-8-14-33)27(29(46(40,43)44)23-9-11-24(34)12-10-23)19-39(6-2)30(41)28(38-31(42)32(3,4)37)21-45-20-22-16-25(35)18-26(36)17-22;/h9-12,16-18,28H,5-8,13-15,19-21,37H2,1-4H3,(H,38,42);1H/t28-;/m1./s1. The van der Waals surface area contributed by atoms with Gasteiger partial charge >= 0.3 is 0 Å². The third-order valence-electron chi connectivity index (χ3n) is 8.53. The number of nitrogens with one attached hydrogen (secondary N) is 1. The first-order valence-corrected chi connectivity index (χ1v) is 17.4. The van der Waals surface area contributed by atoms with E-state index in [0.29, 0.717) is 42.0 Å². The van der Waals surface area contributed by atoms with Gasteiger partial charge in [0.25, 0.3) is 0 Å². The molecule has 0 unspecified atom stereocenters. The van der Waals surface area contributed by atoms with E-state index in [9.17, 15) is 26.8 Å². The molecule has 2 aliphatic rings. The Morgan fingerprint density at radius 2 is 1.70 bits per heavy atom. The Balaban J connectivity index is 0.00000600. The van der Waals surface area contributed by atoms with Crippen molar-refractivity contribution in [2.45, 2.75) is 83.5 Å². The third-order valence-corrected chi connectivity index (χ3v) is 10.9. The number of rotatable bonds is 13. The van der Waals surface area contributed by atoms with Gasteiger partial charge in [-0.1, -0.05) is 43.5 Å². The highest BCUT2D eigenvalue weighted by Gasteiger charge is 2.56. The monoisotopic (exact) mass is 716 g/mol. The zero-order valence-corrected chi connectivity index (χ0v) is 29.5. The van der Waals surface area contributed by atoms with E-state index in [1.807, 2.05) is 6.92 Å². The maximum Gasteiger partial charge on any atom is 0.247 e. The second kappa shape index (κ2) is 15.7. The van der Waals surface area contributed by atoms with Crippen LogP contribution in [-0.2, 0) is 31.0 Å². The van der Waals surface area contributed by atoms with Crippen LogP contribution in [0.3, 0.4) is 0 Å². The summed E-state index contributed by atoms with van der Waals surface area (Å²) in [4.78, 5) is 28.8. The number of amides is 2. The minimum Gasteiger partial charge on any atom is -0.374 e. The fourth-order valence-corrected chi connectivity index (χ4v) is 8.84. The number of carbonyl (C=O) groups excluding carboxylic acids is 2. The highest BCUT2D eigenvalue weighted by Crippen LogP contribution is 2.53. The van der Waals surface area contributed by atoms with E-state index >= 15 is 0 Å². The zero-order valence-electron chi connectivity index (χ0n) is 27.2. The predicted molar refractivity (Wildman–Crippen MR) is 181 cm³/mol. The quantitative estimate of drug-likeness (QED) is 0.286. The van der Waals surface area contributed by atoms with E-state index < -0.39 is 50.6 Å². The van der Waals surface area contributed by atoms with Crippen LogP contribution in [0.5, 0.6) is 0 Å². The number of carbonyl (C=O) groups is 2. The molecule has 14 heteroatoms. The molecule has 0 radical (unpaired) electrons. The summed E-state index contributed by atoms with van der Waals surface area (Å²) in [7, 11) is -3.93. The number of sulfonamides is 1. The summed E-state index contributed by atoms with van der Waals surface area (Å²) in [6.45, 7) is 6.71. The van der Waals surface area contributed by atoms with Gasteiger partial charge < -0.3 is 20.7 Å². The molecule has 1 atom stereocenters. The molecule has 0 aromatic heterocycles. The summed E-state index contributed by atoms with van der Waals surface area (Å²) in [6, 6.07) is 8.42. The highest BCUT2D eigenvalue weighted by molar-refractivity contribution is 7.98. The maximum absolute atomic E-state index is 14.3. The molecular weight excluding hydrogens is 673 g/mol. The second-order valence-corrected chi connectivity index (χ2v) is 14.8. The molecule has 260 valence electrons. The first kappa shape index (κ1) is 38.8. The van der Waals surface area contributed by atoms with Crippen molar-refractivity contribution in [3.63, 3.8) is 0 Å². The average Bonchev–Trinajstić information content (AvgIpc) is 3.52. The van der Waals surface area contributed by atoms with Crippen molar-refractivity contribution >= 4 is 50.8 Å². The predicted octanol–water partition coefficient (Wildman–Crippen LogP) is 5.41. The van der Waals surface area contributed by atoms with Crippen molar-refractivity contribution in [3.05, 3.63) is 75.8 Å². The molecule has 9 nitrogen and oxygen atoms in total. The Morgan fingerprint density at radius 3 is 2.23 bits per heavy atom. The minimum atomic E-state index is -3.93. The minimum absolute atomic E-state index is 0. The smallest absolute Gasteiger partial charge is 0.247 e. The first-order chi connectivity index (χ1) is 21.6. The molecule has 1 spiro atoms. The van der Waals surface area contributed by atoms with Crippen LogP contribution in [0.15, 0.2) is 48.0 Å². The van der Waals surface area contributed by atoms with Gasteiger partial charge in [-0.15, -0.1) is 12.4 Å². The Labute approximate surface area is 287 Å². The Hall–Kier alpha value is -2.61. The lowest BCUT2D eigenvalue weighted by atomic mass is 9.85. The van der Waals surface area contributed by atoms with E-state index in [1.165, 1.54) is 18.7 Å². The second-order valence-electron chi connectivity index (χ2n) is 12.5. The SMILES string of the molecule is CCCN1C2(CCCC2)C(CN(CC)C(=O)[C@@H](COCc2cc(F)cc(F)c2)NC(=O)C(C)(C)N)=C(c2ccc(Cl)cc2)S1(=O)=O.Cl. The number of halogens is 4. The summed E-state index contributed by atoms with van der Waals surface area (Å²) < 4.78 is 63.4. The molecule has 0 saturated heterocycles. The molecule has 1 heterocycles. The fourth-order valence-electron chi connectivity index (χ4n) is 6.31. The molecule has 4 rings (SSSR count). The summed E-state index contributed by atoms with van der Waals surface area (Å²) in [5.74, 6) is -2.65. The Morgan fingerprint density at radius 1 is 1.11 bits per heavy atom. The molecule has 3 N–H and O–H groups in total. The van der Waals surface area contributed by atoms with Crippen molar-refractivity contribution in [2.75, 3.05) is 26.2 Å². The molecule has 2 aromatic carbocycles. The Kier molecular flexibility index (Phi) is 13.0. The van der Waals surface area contributed by atoms with Crippen LogP contribution in [0, 0.1) is 11.6 Å². The van der Waals surface area contributed by atoms with E-state index in [2.05, 4.69) is 5.32 Å². The number of ether oxygens (including phenoxy) is 1. The number of hydrogen-bond donors (Lipinski definition) is 2. The fraction of sp³-hybridized carbons (Fsp3) is 0.515. The van der Waals surface area contributed by atoms with Crippen molar-refractivity contribution in [1.82, 2.24) is 14.5 Å². The molecular formula is C33H44Cl2F2N4O5S. The van der Waals surface area contributed by atoms with Gasteiger partial charge in [-0.3, -0.25) is 9.59 Å². The van der Waals surface area contributed by atoms with Gasteiger partial charge in [0.2, 0.25) is 21.8 Å². The molecule has 1 saturated carbocycles. The lowest BCUT2D eigenvalue weighted by Crippen LogP contribution is -2.58. The zero-order chi connectivity index (χ0) is 33.9. The van der Waals surface area contributed by atoms with E-state index in [-0.39, 0.29) is 49.2 Å². The average molecular weight is 718 g/mol. The van der Waals surface area contributed by atoms with E-state index in [1.54, 1.807) is 35.5 Å². The first-order valence-electron chi connectivity index (χ1n) is 15.6.